The number of cyclic esters (lactones) is 1. The Hall–Kier alpha value is -3.34. The Balaban J connectivity index is 1.55. The molecule has 1 amide bonds. The predicted octanol–water partition coefficient (Wildman–Crippen LogP) is 0.330. The molecule has 134 valence electrons. The zero-order valence-electron chi connectivity index (χ0n) is 13.6. The molecule has 3 aromatic rings. The third-order valence-electron chi connectivity index (χ3n) is 3.96. The fraction of sp³-hybridized carbons (Fsp3) is 0.267. The van der Waals surface area contributed by atoms with Gasteiger partial charge in [-0.05, 0) is 18.2 Å². The zero-order chi connectivity index (χ0) is 18.1. The molecule has 3 heterocycles. The van der Waals surface area contributed by atoms with Crippen molar-refractivity contribution in [2.45, 2.75) is 12.6 Å². The molecule has 1 aliphatic rings. The third-order valence-corrected chi connectivity index (χ3v) is 3.96. The second-order valence-electron chi connectivity index (χ2n) is 5.74. The molecule has 26 heavy (non-hydrogen) atoms. The van der Waals surface area contributed by atoms with Gasteiger partial charge in [0.05, 0.1) is 25.0 Å². The van der Waals surface area contributed by atoms with Crippen LogP contribution in [0.15, 0.2) is 37.1 Å². The number of amides is 1. The van der Waals surface area contributed by atoms with Gasteiger partial charge in [0.1, 0.15) is 30.1 Å². The minimum atomic E-state index is -0.538. The molecule has 0 spiro atoms. The summed E-state index contributed by atoms with van der Waals surface area (Å²) in [5, 5.41) is 11.9. The van der Waals surface area contributed by atoms with E-state index in [0.29, 0.717) is 24.5 Å². The summed E-state index contributed by atoms with van der Waals surface area (Å²) in [5.41, 5.74) is 6.73. The minimum absolute atomic E-state index is 0.217. The van der Waals surface area contributed by atoms with Gasteiger partial charge in [0.15, 0.2) is 5.82 Å². The molecular formula is C15H15FN8O2. The van der Waals surface area contributed by atoms with E-state index in [1.54, 1.807) is 23.3 Å². The second kappa shape index (κ2) is 6.52. The number of carbonyl (C=O) groups excluding carboxylic acids is 1. The number of ether oxygens (including phenoxy) is 1. The van der Waals surface area contributed by atoms with E-state index in [1.807, 2.05) is 0 Å². The van der Waals surface area contributed by atoms with E-state index in [0.717, 1.165) is 0 Å². The normalized spacial score (nSPS) is 16.9. The first-order chi connectivity index (χ1) is 12.6. The molecule has 2 N–H and O–H groups in total. The fourth-order valence-corrected chi connectivity index (χ4v) is 2.67. The topological polar surface area (TPSA) is 117 Å². The summed E-state index contributed by atoms with van der Waals surface area (Å²) in [5.74, 6) is -0.538. The van der Waals surface area contributed by atoms with E-state index in [4.69, 9.17) is 10.5 Å². The molecule has 1 saturated heterocycles. The second-order valence-corrected chi connectivity index (χ2v) is 5.74. The molecule has 0 bridgehead atoms. The summed E-state index contributed by atoms with van der Waals surface area (Å²) in [6, 6.07) is 4.41. The van der Waals surface area contributed by atoms with Gasteiger partial charge in [0.25, 0.3) is 0 Å². The molecule has 1 atom stereocenters. The summed E-state index contributed by atoms with van der Waals surface area (Å²) < 4.78 is 22.6. The average Bonchev–Trinajstić information content (AvgIpc) is 3.36. The van der Waals surface area contributed by atoms with Crippen LogP contribution in [0.3, 0.4) is 0 Å². The van der Waals surface area contributed by atoms with Gasteiger partial charge in [-0.2, -0.15) is 5.10 Å². The first-order valence-electron chi connectivity index (χ1n) is 7.86. The Kier molecular flexibility index (Phi) is 4.05. The monoisotopic (exact) mass is 358 g/mol. The molecule has 0 saturated carbocycles. The summed E-state index contributed by atoms with van der Waals surface area (Å²) >= 11 is 0. The molecule has 10 nitrogen and oxygen atoms in total. The van der Waals surface area contributed by atoms with Gasteiger partial charge in [-0.25, -0.2) is 23.5 Å². The Morgan fingerprint density at radius 2 is 2.27 bits per heavy atom. The highest BCUT2D eigenvalue weighted by Crippen LogP contribution is 2.25. The van der Waals surface area contributed by atoms with Gasteiger partial charge in [0.2, 0.25) is 0 Å². The molecule has 2 aromatic heterocycles. The zero-order valence-corrected chi connectivity index (χ0v) is 13.6. The molecule has 1 fully saturated rings. The van der Waals surface area contributed by atoms with Crippen LogP contribution in [0.2, 0.25) is 0 Å². The summed E-state index contributed by atoms with van der Waals surface area (Å²) in [6.45, 7) is 0.885. The van der Waals surface area contributed by atoms with Crippen LogP contribution in [-0.4, -0.2) is 55.0 Å². The van der Waals surface area contributed by atoms with Crippen LogP contribution in [0, 0.1) is 5.82 Å². The molecule has 4 rings (SSSR count). The molecule has 11 heteroatoms. The van der Waals surface area contributed by atoms with E-state index >= 15 is 0 Å². The highest BCUT2D eigenvalue weighted by molar-refractivity contribution is 5.89. The van der Waals surface area contributed by atoms with Crippen LogP contribution in [-0.2, 0) is 11.3 Å². The highest BCUT2D eigenvalue weighted by Gasteiger charge is 2.31. The van der Waals surface area contributed by atoms with Gasteiger partial charge in [0, 0.05) is 6.54 Å². The van der Waals surface area contributed by atoms with Crippen molar-refractivity contribution < 1.29 is 13.9 Å². The van der Waals surface area contributed by atoms with E-state index in [2.05, 4.69) is 20.4 Å². The fourth-order valence-electron chi connectivity index (χ4n) is 2.67. The molecule has 0 radical (unpaired) electrons. The van der Waals surface area contributed by atoms with Crippen molar-refractivity contribution in [3.05, 3.63) is 48.6 Å². The van der Waals surface area contributed by atoms with Crippen LogP contribution >= 0.6 is 0 Å². The summed E-state index contributed by atoms with van der Waals surface area (Å²) in [6.07, 6.45) is 3.65. The first-order valence-corrected chi connectivity index (χ1v) is 7.86. The molecule has 1 aliphatic heterocycles. The molecular weight excluding hydrogens is 343 g/mol. The standard InChI is InChI=1S/C15H15FN8O2/c16-13-3-11(23-7-12(4-17)26-15(23)25)1-2-14(13)24-6-10(20-21-24)5-22-9-18-8-19-22/h1-3,6,8-9,12H,4-5,7,17H2/t12-/m0/s1. The van der Waals surface area contributed by atoms with Crippen molar-refractivity contribution in [3.63, 3.8) is 0 Å². The number of aromatic nitrogens is 6. The highest BCUT2D eigenvalue weighted by atomic mass is 19.1. The Morgan fingerprint density at radius 1 is 1.38 bits per heavy atom. The smallest absolute Gasteiger partial charge is 0.414 e. The number of rotatable bonds is 5. The number of anilines is 1. The number of halogens is 1. The average molecular weight is 358 g/mol. The Labute approximate surface area is 147 Å². The first kappa shape index (κ1) is 16.1. The van der Waals surface area contributed by atoms with E-state index in [1.165, 1.54) is 28.0 Å². The van der Waals surface area contributed by atoms with Gasteiger partial charge >= 0.3 is 6.09 Å². The minimum Gasteiger partial charge on any atom is -0.443 e. The maximum atomic E-state index is 14.6. The molecule has 0 aliphatic carbocycles. The maximum Gasteiger partial charge on any atom is 0.414 e. The van der Waals surface area contributed by atoms with Crippen molar-refractivity contribution in [2.24, 2.45) is 5.73 Å². The Morgan fingerprint density at radius 3 is 2.96 bits per heavy atom. The van der Waals surface area contributed by atoms with Gasteiger partial charge in [-0.3, -0.25) is 4.90 Å². The molecule has 0 unspecified atom stereocenters. The number of nitrogens with zero attached hydrogens (tertiary/aromatic N) is 7. The maximum absolute atomic E-state index is 14.6. The van der Waals surface area contributed by atoms with Crippen molar-refractivity contribution in [2.75, 3.05) is 18.0 Å². The van der Waals surface area contributed by atoms with Crippen molar-refractivity contribution >= 4 is 11.8 Å². The lowest BCUT2D eigenvalue weighted by Crippen LogP contribution is -2.27. The molecule has 1 aromatic carbocycles. The van der Waals surface area contributed by atoms with Crippen molar-refractivity contribution in [3.8, 4) is 5.69 Å². The van der Waals surface area contributed by atoms with Crippen LogP contribution in [0.4, 0.5) is 14.9 Å². The predicted molar refractivity (Wildman–Crippen MR) is 87.1 cm³/mol. The number of benzene rings is 1. The van der Waals surface area contributed by atoms with Crippen LogP contribution < -0.4 is 10.6 Å². The number of hydrogen-bond donors (Lipinski definition) is 1. The van der Waals surface area contributed by atoms with Crippen molar-refractivity contribution in [1.82, 2.24) is 29.8 Å². The lowest BCUT2D eigenvalue weighted by Gasteiger charge is -2.14. The van der Waals surface area contributed by atoms with Gasteiger partial charge in [-0.1, -0.05) is 5.21 Å². The Bertz CT molecular complexity index is 926. The van der Waals surface area contributed by atoms with E-state index in [-0.39, 0.29) is 18.3 Å². The van der Waals surface area contributed by atoms with Gasteiger partial charge < -0.3 is 10.5 Å². The van der Waals surface area contributed by atoms with Crippen molar-refractivity contribution in [1.29, 1.82) is 0 Å². The van der Waals surface area contributed by atoms with Crippen LogP contribution in [0.1, 0.15) is 5.69 Å². The van der Waals surface area contributed by atoms with Gasteiger partial charge in [-0.15, -0.1) is 5.10 Å². The number of hydrogen-bond acceptors (Lipinski definition) is 7. The lowest BCUT2D eigenvalue weighted by molar-refractivity contribution is 0.145. The van der Waals surface area contributed by atoms with Crippen LogP contribution in [0.5, 0.6) is 0 Å². The lowest BCUT2D eigenvalue weighted by atomic mass is 10.2. The summed E-state index contributed by atoms with van der Waals surface area (Å²) in [4.78, 5) is 17.0. The van der Waals surface area contributed by atoms with E-state index in [9.17, 15) is 9.18 Å². The number of carbonyl (C=O) groups is 1. The largest absolute Gasteiger partial charge is 0.443 e. The summed E-state index contributed by atoms with van der Waals surface area (Å²) in [7, 11) is 0. The third kappa shape index (κ3) is 2.99. The number of nitrogens with two attached hydrogens (primary N) is 1. The van der Waals surface area contributed by atoms with Crippen LogP contribution in [0.25, 0.3) is 5.69 Å². The quantitative estimate of drug-likeness (QED) is 0.698. The van der Waals surface area contributed by atoms with E-state index < -0.39 is 11.9 Å². The SMILES string of the molecule is NC[C@H]1CN(c2ccc(-n3cc(Cn4cncn4)nn3)c(F)c2)C(=O)O1.